The first-order valence-electron chi connectivity index (χ1n) is 5.31. The maximum atomic E-state index is 8.84. The van der Waals surface area contributed by atoms with Gasteiger partial charge in [-0.2, -0.15) is 10.5 Å². The molecule has 17 heavy (non-hydrogen) atoms. The van der Waals surface area contributed by atoms with Gasteiger partial charge in [0.15, 0.2) is 0 Å². The minimum absolute atomic E-state index is 0.148. The standard InChI is InChI=1S/C13H15N3O/c1-10-6-12(13(8-14)9-15)7-11(2)16(10)4-5-17-3/h6-7H,4-5H2,1-3H3. The fraction of sp³-hybridized carbons (Fsp3) is 0.385. The molecule has 0 unspecified atom stereocenters. The maximum Gasteiger partial charge on any atom is 0.137 e. The minimum Gasteiger partial charge on any atom is -0.383 e. The summed E-state index contributed by atoms with van der Waals surface area (Å²) in [5.74, 6) is 0. The molecule has 0 atom stereocenters. The van der Waals surface area contributed by atoms with E-state index in [4.69, 9.17) is 15.3 Å². The van der Waals surface area contributed by atoms with E-state index in [-0.39, 0.29) is 5.57 Å². The fourth-order valence-electron chi connectivity index (χ4n) is 1.76. The molecule has 1 aliphatic rings. The lowest BCUT2D eigenvalue weighted by Gasteiger charge is -2.29. The van der Waals surface area contributed by atoms with E-state index in [1.54, 1.807) is 7.11 Å². The van der Waals surface area contributed by atoms with Gasteiger partial charge in [0.25, 0.3) is 0 Å². The molecule has 0 bridgehead atoms. The summed E-state index contributed by atoms with van der Waals surface area (Å²) < 4.78 is 5.05. The second-order valence-electron chi connectivity index (χ2n) is 3.77. The molecule has 0 aromatic rings. The highest BCUT2D eigenvalue weighted by Gasteiger charge is 2.15. The summed E-state index contributed by atoms with van der Waals surface area (Å²) >= 11 is 0. The molecule has 0 aromatic carbocycles. The van der Waals surface area contributed by atoms with Gasteiger partial charge >= 0.3 is 0 Å². The SMILES string of the molecule is COCCN1C(C)=CC(=C(C#N)C#N)C=C1C. The molecule has 0 amide bonds. The minimum atomic E-state index is 0.148. The van der Waals surface area contributed by atoms with Crippen LogP contribution in [0, 0.1) is 22.7 Å². The van der Waals surface area contributed by atoms with Crippen LogP contribution in [-0.4, -0.2) is 25.2 Å². The highest BCUT2D eigenvalue weighted by atomic mass is 16.5. The van der Waals surface area contributed by atoms with Gasteiger partial charge in [0.05, 0.1) is 6.61 Å². The summed E-state index contributed by atoms with van der Waals surface area (Å²) in [6.07, 6.45) is 3.70. The Labute approximate surface area is 102 Å². The van der Waals surface area contributed by atoms with E-state index >= 15 is 0 Å². The van der Waals surface area contributed by atoms with E-state index in [0.717, 1.165) is 17.9 Å². The summed E-state index contributed by atoms with van der Waals surface area (Å²) in [7, 11) is 1.66. The molecule has 0 spiro atoms. The summed E-state index contributed by atoms with van der Waals surface area (Å²) in [6, 6.07) is 3.81. The quantitative estimate of drug-likeness (QED) is 0.695. The predicted molar refractivity (Wildman–Crippen MR) is 64.3 cm³/mol. The third kappa shape index (κ3) is 2.96. The first-order valence-corrected chi connectivity index (χ1v) is 5.31. The van der Waals surface area contributed by atoms with Crippen LogP contribution in [0.25, 0.3) is 0 Å². The van der Waals surface area contributed by atoms with Crippen molar-refractivity contribution in [3.05, 3.63) is 34.7 Å². The van der Waals surface area contributed by atoms with Crippen molar-refractivity contribution >= 4 is 0 Å². The zero-order valence-electron chi connectivity index (χ0n) is 10.3. The molecule has 0 fully saturated rings. The van der Waals surface area contributed by atoms with Crippen LogP contribution in [0.1, 0.15) is 13.8 Å². The third-order valence-corrected chi connectivity index (χ3v) is 2.61. The number of ether oxygens (including phenoxy) is 1. The Balaban J connectivity index is 3.04. The van der Waals surface area contributed by atoms with Gasteiger partial charge in [-0.05, 0) is 26.0 Å². The van der Waals surface area contributed by atoms with Crippen molar-refractivity contribution in [3.8, 4) is 12.1 Å². The number of rotatable bonds is 3. The van der Waals surface area contributed by atoms with Crippen molar-refractivity contribution in [1.29, 1.82) is 10.5 Å². The van der Waals surface area contributed by atoms with Gasteiger partial charge in [0, 0.05) is 30.6 Å². The van der Waals surface area contributed by atoms with E-state index in [2.05, 4.69) is 4.90 Å². The molecule has 0 saturated heterocycles. The Hall–Kier alpha value is -2.04. The van der Waals surface area contributed by atoms with Crippen LogP contribution in [-0.2, 0) is 4.74 Å². The second kappa shape index (κ2) is 5.89. The molecule has 4 nitrogen and oxygen atoms in total. The van der Waals surface area contributed by atoms with E-state index in [0.29, 0.717) is 12.2 Å². The van der Waals surface area contributed by atoms with Crippen molar-refractivity contribution in [2.45, 2.75) is 13.8 Å². The van der Waals surface area contributed by atoms with Crippen molar-refractivity contribution in [3.63, 3.8) is 0 Å². The average Bonchev–Trinajstić information content (AvgIpc) is 2.30. The smallest absolute Gasteiger partial charge is 0.137 e. The topological polar surface area (TPSA) is 60.0 Å². The van der Waals surface area contributed by atoms with Crippen LogP contribution >= 0.6 is 0 Å². The van der Waals surface area contributed by atoms with Crippen LogP contribution in [0.5, 0.6) is 0 Å². The molecular formula is C13H15N3O. The van der Waals surface area contributed by atoms with Crippen molar-refractivity contribution in [2.24, 2.45) is 0 Å². The normalized spacial score (nSPS) is 14.6. The summed E-state index contributed by atoms with van der Waals surface area (Å²) in [6.45, 7) is 5.32. The van der Waals surface area contributed by atoms with Gasteiger partial charge in [0.2, 0.25) is 0 Å². The maximum absolute atomic E-state index is 8.84. The molecule has 0 radical (unpaired) electrons. The van der Waals surface area contributed by atoms with Gasteiger partial charge in [-0.25, -0.2) is 0 Å². The molecular weight excluding hydrogens is 214 g/mol. The Morgan fingerprint density at radius 1 is 1.24 bits per heavy atom. The van der Waals surface area contributed by atoms with E-state index < -0.39 is 0 Å². The number of hydrogen-bond acceptors (Lipinski definition) is 4. The largest absolute Gasteiger partial charge is 0.383 e. The molecule has 88 valence electrons. The highest BCUT2D eigenvalue weighted by Crippen LogP contribution is 2.23. The van der Waals surface area contributed by atoms with E-state index in [1.807, 2.05) is 38.1 Å². The van der Waals surface area contributed by atoms with Gasteiger partial charge in [-0.1, -0.05) is 0 Å². The van der Waals surface area contributed by atoms with Crippen LogP contribution in [0.4, 0.5) is 0 Å². The zero-order valence-corrected chi connectivity index (χ0v) is 10.3. The second-order valence-corrected chi connectivity index (χ2v) is 3.77. The summed E-state index contributed by atoms with van der Waals surface area (Å²) in [5, 5.41) is 17.7. The summed E-state index contributed by atoms with van der Waals surface area (Å²) in [4.78, 5) is 2.10. The van der Waals surface area contributed by atoms with Gasteiger partial charge in [-0.3, -0.25) is 0 Å². The zero-order chi connectivity index (χ0) is 12.8. The molecule has 0 aliphatic carbocycles. The molecule has 1 heterocycles. The fourth-order valence-corrected chi connectivity index (χ4v) is 1.76. The average molecular weight is 229 g/mol. The van der Waals surface area contributed by atoms with Crippen LogP contribution in [0.3, 0.4) is 0 Å². The predicted octanol–water partition coefficient (Wildman–Crippen LogP) is 2.10. The lowest BCUT2D eigenvalue weighted by molar-refractivity contribution is 0.175. The monoisotopic (exact) mass is 229 g/mol. The lowest BCUT2D eigenvalue weighted by Crippen LogP contribution is -2.26. The first kappa shape index (κ1) is 13.0. The van der Waals surface area contributed by atoms with Crippen molar-refractivity contribution in [1.82, 2.24) is 4.90 Å². The highest BCUT2D eigenvalue weighted by molar-refractivity contribution is 5.53. The third-order valence-electron chi connectivity index (χ3n) is 2.61. The molecule has 1 rings (SSSR count). The van der Waals surface area contributed by atoms with Gasteiger partial charge < -0.3 is 9.64 Å². The number of methoxy groups -OCH3 is 1. The molecule has 0 aromatic heterocycles. The Bertz CT molecular complexity index is 434. The number of nitrogens with zero attached hydrogens (tertiary/aromatic N) is 3. The molecule has 0 saturated carbocycles. The Kier molecular flexibility index (Phi) is 4.51. The number of allylic oxidation sites excluding steroid dienone is 6. The number of hydrogen-bond donors (Lipinski definition) is 0. The van der Waals surface area contributed by atoms with Crippen LogP contribution in [0.15, 0.2) is 34.7 Å². The van der Waals surface area contributed by atoms with Gasteiger partial charge in [0.1, 0.15) is 17.7 Å². The molecule has 1 aliphatic heterocycles. The van der Waals surface area contributed by atoms with Crippen molar-refractivity contribution < 1.29 is 4.74 Å². The first-order chi connectivity index (χ1) is 8.13. The Morgan fingerprint density at radius 2 is 1.76 bits per heavy atom. The lowest BCUT2D eigenvalue weighted by atomic mass is 10.0. The van der Waals surface area contributed by atoms with Gasteiger partial charge in [-0.15, -0.1) is 0 Å². The van der Waals surface area contributed by atoms with E-state index in [9.17, 15) is 0 Å². The van der Waals surface area contributed by atoms with E-state index in [1.165, 1.54) is 0 Å². The number of nitriles is 2. The van der Waals surface area contributed by atoms with Crippen LogP contribution < -0.4 is 0 Å². The molecule has 4 heteroatoms. The summed E-state index contributed by atoms with van der Waals surface area (Å²) in [5.41, 5.74) is 2.86. The van der Waals surface area contributed by atoms with Crippen LogP contribution in [0.2, 0.25) is 0 Å². The Morgan fingerprint density at radius 3 is 2.18 bits per heavy atom. The van der Waals surface area contributed by atoms with Crippen molar-refractivity contribution in [2.75, 3.05) is 20.3 Å². The molecule has 0 N–H and O–H groups in total.